The van der Waals surface area contributed by atoms with Gasteiger partial charge in [-0.1, -0.05) is 18.2 Å². The van der Waals surface area contributed by atoms with E-state index in [0.717, 1.165) is 5.69 Å². The highest BCUT2D eigenvalue weighted by Gasteiger charge is 2.35. The van der Waals surface area contributed by atoms with E-state index in [1.807, 2.05) is 30.3 Å². The number of para-hydroxylation sites is 1. The summed E-state index contributed by atoms with van der Waals surface area (Å²) in [5.41, 5.74) is 0.826. The molecule has 0 N–H and O–H groups in total. The molecular weight excluding hydrogens is 258 g/mol. The van der Waals surface area contributed by atoms with E-state index in [1.165, 1.54) is 0 Å². The van der Waals surface area contributed by atoms with E-state index in [0.29, 0.717) is 26.2 Å². The van der Waals surface area contributed by atoms with Crippen LogP contribution in [0, 0.1) is 5.92 Å². The van der Waals surface area contributed by atoms with Crippen molar-refractivity contribution in [2.45, 2.75) is 12.8 Å². The Morgan fingerprint density at radius 2 is 2.05 bits per heavy atom. The first kappa shape index (κ1) is 14.5. The highest BCUT2D eigenvalue weighted by molar-refractivity contribution is 5.99. The second kappa shape index (κ2) is 7.05. The van der Waals surface area contributed by atoms with Crippen molar-refractivity contribution in [1.29, 1.82) is 0 Å². The minimum Gasteiger partial charge on any atom is -0.465 e. The van der Waals surface area contributed by atoms with Gasteiger partial charge in [-0.15, -0.1) is 0 Å². The van der Waals surface area contributed by atoms with Gasteiger partial charge >= 0.3 is 5.97 Å². The monoisotopic (exact) mass is 277 g/mol. The second-order valence-corrected chi connectivity index (χ2v) is 4.75. The molecule has 0 saturated carbocycles. The third kappa shape index (κ3) is 3.57. The van der Waals surface area contributed by atoms with Crippen LogP contribution in [0.3, 0.4) is 0 Å². The molecule has 0 bridgehead atoms. The van der Waals surface area contributed by atoms with E-state index in [1.54, 1.807) is 12.0 Å². The van der Waals surface area contributed by atoms with Crippen molar-refractivity contribution in [3.05, 3.63) is 30.3 Å². The molecule has 1 aliphatic heterocycles. The number of esters is 1. The number of methoxy groups -OCH3 is 1. The Kier molecular flexibility index (Phi) is 5.12. The second-order valence-electron chi connectivity index (χ2n) is 4.75. The maximum atomic E-state index is 12.0. The van der Waals surface area contributed by atoms with Gasteiger partial charge in [-0.3, -0.25) is 9.59 Å². The molecule has 5 heteroatoms. The van der Waals surface area contributed by atoms with Crippen LogP contribution in [0.2, 0.25) is 0 Å². The predicted octanol–water partition coefficient (Wildman–Crippen LogP) is 1.62. The lowest BCUT2D eigenvalue weighted by atomic mass is 10.1. The van der Waals surface area contributed by atoms with Crippen molar-refractivity contribution in [1.82, 2.24) is 0 Å². The van der Waals surface area contributed by atoms with Crippen LogP contribution in [0.5, 0.6) is 0 Å². The van der Waals surface area contributed by atoms with E-state index >= 15 is 0 Å². The van der Waals surface area contributed by atoms with Gasteiger partial charge in [-0.2, -0.15) is 0 Å². The standard InChI is InChI=1S/C15H19NO4/c1-19-8-5-9-20-15(18)12-10-14(17)16(11-12)13-6-3-2-4-7-13/h2-4,6-7,12H,5,8-11H2,1H3/t12-/m1/s1. The summed E-state index contributed by atoms with van der Waals surface area (Å²) >= 11 is 0. The number of hydrogen-bond acceptors (Lipinski definition) is 4. The Morgan fingerprint density at radius 1 is 1.30 bits per heavy atom. The molecule has 2 rings (SSSR count). The van der Waals surface area contributed by atoms with Crippen LogP contribution in [0.1, 0.15) is 12.8 Å². The predicted molar refractivity (Wildman–Crippen MR) is 74.4 cm³/mol. The van der Waals surface area contributed by atoms with E-state index in [2.05, 4.69) is 0 Å². The van der Waals surface area contributed by atoms with Crippen molar-refractivity contribution in [2.75, 3.05) is 31.8 Å². The highest BCUT2D eigenvalue weighted by Crippen LogP contribution is 2.25. The summed E-state index contributed by atoms with van der Waals surface area (Å²) in [6, 6.07) is 9.37. The number of anilines is 1. The van der Waals surface area contributed by atoms with E-state index in [4.69, 9.17) is 9.47 Å². The minimum absolute atomic E-state index is 0.0324. The molecule has 0 aliphatic carbocycles. The zero-order valence-electron chi connectivity index (χ0n) is 11.6. The third-order valence-corrected chi connectivity index (χ3v) is 3.26. The van der Waals surface area contributed by atoms with Gasteiger partial charge < -0.3 is 14.4 Å². The molecule has 108 valence electrons. The molecule has 1 atom stereocenters. The third-order valence-electron chi connectivity index (χ3n) is 3.26. The summed E-state index contributed by atoms with van der Waals surface area (Å²) in [5.74, 6) is -0.701. The minimum atomic E-state index is -0.370. The van der Waals surface area contributed by atoms with Crippen LogP contribution in [-0.2, 0) is 19.1 Å². The molecule has 1 aliphatic rings. The van der Waals surface area contributed by atoms with Crippen LogP contribution >= 0.6 is 0 Å². The summed E-state index contributed by atoms with van der Waals surface area (Å²) < 4.78 is 10.1. The quantitative estimate of drug-likeness (QED) is 0.585. The summed E-state index contributed by atoms with van der Waals surface area (Å²) in [6.45, 7) is 1.29. The molecule has 1 saturated heterocycles. The molecule has 1 amide bonds. The summed E-state index contributed by atoms with van der Waals surface area (Å²) in [4.78, 5) is 25.5. The topological polar surface area (TPSA) is 55.8 Å². The van der Waals surface area contributed by atoms with Gasteiger partial charge in [0, 0.05) is 38.8 Å². The molecule has 1 aromatic carbocycles. The Morgan fingerprint density at radius 3 is 2.75 bits per heavy atom. The van der Waals surface area contributed by atoms with E-state index in [9.17, 15) is 9.59 Å². The number of amides is 1. The average Bonchev–Trinajstić information content (AvgIpc) is 2.86. The lowest BCUT2D eigenvalue weighted by molar-refractivity contribution is -0.148. The zero-order valence-corrected chi connectivity index (χ0v) is 11.6. The lowest BCUT2D eigenvalue weighted by Gasteiger charge is -2.16. The van der Waals surface area contributed by atoms with Gasteiger partial charge in [0.2, 0.25) is 5.91 Å². The van der Waals surface area contributed by atoms with E-state index in [-0.39, 0.29) is 24.2 Å². The first-order valence-electron chi connectivity index (χ1n) is 6.73. The Hall–Kier alpha value is -1.88. The molecule has 1 fully saturated rings. The molecule has 5 nitrogen and oxygen atoms in total. The van der Waals surface area contributed by atoms with Gasteiger partial charge in [0.1, 0.15) is 0 Å². The van der Waals surface area contributed by atoms with Crippen molar-refractivity contribution in [3.63, 3.8) is 0 Å². The van der Waals surface area contributed by atoms with Crippen molar-refractivity contribution in [3.8, 4) is 0 Å². The largest absolute Gasteiger partial charge is 0.465 e. The molecule has 0 unspecified atom stereocenters. The number of ether oxygens (including phenoxy) is 2. The smallest absolute Gasteiger partial charge is 0.311 e. The van der Waals surface area contributed by atoms with Crippen molar-refractivity contribution in [2.24, 2.45) is 5.92 Å². The number of rotatable bonds is 6. The number of nitrogens with zero attached hydrogens (tertiary/aromatic N) is 1. The maximum absolute atomic E-state index is 12.0. The van der Waals surface area contributed by atoms with E-state index < -0.39 is 0 Å². The van der Waals surface area contributed by atoms with Gasteiger partial charge in [0.05, 0.1) is 12.5 Å². The fourth-order valence-electron chi connectivity index (χ4n) is 2.22. The fourth-order valence-corrected chi connectivity index (χ4v) is 2.22. The molecular formula is C15H19NO4. The normalized spacial score (nSPS) is 18.4. The Balaban J connectivity index is 1.87. The fraction of sp³-hybridized carbons (Fsp3) is 0.467. The first-order valence-corrected chi connectivity index (χ1v) is 6.73. The number of carbonyl (C=O) groups is 2. The number of benzene rings is 1. The summed E-state index contributed by atoms with van der Waals surface area (Å²) in [7, 11) is 1.61. The molecule has 0 spiro atoms. The Bertz CT molecular complexity index is 460. The van der Waals surface area contributed by atoms with Crippen LogP contribution < -0.4 is 4.90 Å². The van der Waals surface area contributed by atoms with Gasteiger partial charge in [0.25, 0.3) is 0 Å². The molecule has 0 radical (unpaired) electrons. The van der Waals surface area contributed by atoms with Gasteiger partial charge in [-0.05, 0) is 12.1 Å². The lowest BCUT2D eigenvalue weighted by Crippen LogP contribution is -2.26. The van der Waals surface area contributed by atoms with Crippen molar-refractivity contribution >= 4 is 17.6 Å². The number of carbonyl (C=O) groups excluding carboxylic acids is 2. The van der Waals surface area contributed by atoms with Crippen LogP contribution in [-0.4, -0.2) is 38.7 Å². The average molecular weight is 277 g/mol. The number of hydrogen-bond donors (Lipinski definition) is 0. The highest BCUT2D eigenvalue weighted by atomic mass is 16.5. The Labute approximate surface area is 118 Å². The van der Waals surface area contributed by atoms with Crippen molar-refractivity contribution < 1.29 is 19.1 Å². The van der Waals surface area contributed by atoms with Crippen LogP contribution in [0.25, 0.3) is 0 Å². The summed E-state index contributed by atoms with van der Waals surface area (Å²) in [6.07, 6.45) is 0.892. The SMILES string of the molecule is COCCCOC(=O)[C@@H]1CC(=O)N(c2ccccc2)C1. The zero-order chi connectivity index (χ0) is 14.4. The van der Waals surface area contributed by atoms with Crippen LogP contribution in [0.4, 0.5) is 5.69 Å². The molecule has 20 heavy (non-hydrogen) atoms. The van der Waals surface area contributed by atoms with Gasteiger partial charge in [-0.25, -0.2) is 0 Å². The molecule has 1 aromatic rings. The molecule has 0 aromatic heterocycles. The summed E-state index contributed by atoms with van der Waals surface area (Å²) in [5, 5.41) is 0. The first-order chi connectivity index (χ1) is 9.72. The molecule has 1 heterocycles. The van der Waals surface area contributed by atoms with Crippen LogP contribution in [0.15, 0.2) is 30.3 Å². The van der Waals surface area contributed by atoms with Gasteiger partial charge in [0.15, 0.2) is 0 Å². The maximum Gasteiger partial charge on any atom is 0.311 e.